The number of carbonyl (C=O) groups excluding carboxylic acids is 1. The van der Waals surface area contributed by atoms with Gasteiger partial charge in [0.05, 0.1) is 0 Å². The molecule has 2 nitrogen and oxygen atoms in total. The molecule has 0 heterocycles. The fourth-order valence-corrected chi connectivity index (χ4v) is 1.98. The van der Waals surface area contributed by atoms with Crippen molar-refractivity contribution >= 4 is 17.5 Å². The van der Waals surface area contributed by atoms with Crippen molar-refractivity contribution in [2.24, 2.45) is 0 Å². The number of carbonyl (C=O) groups is 1. The maximum atomic E-state index is 11.3. The van der Waals surface area contributed by atoms with Crippen LogP contribution < -0.4 is 0 Å². The molecule has 3 heteroatoms. The van der Waals surface area contributed by atoms with E-state index in [1.54, 1.807) is 11.9 Å². The van der Waals surface area contributed by atoms with Crippen molar-refractivity contribution in [2.75, 3.05) is 12.9 Å². The van der Waals surface area contributed by atoms with Gasteiger partial charge in [0.2, 0.25) is 5.91 Å². The minimum absolute atomic E-state index is 0.0343. The monoisotopic (exact) mass is 237 g/mol. The number of hydrogen-bond acceptors (Lipinski definition) is 1. The first-order valence-electron chi connectivity index (χ1n) is 5.59. The molecule has 0 aliphatic heterocycles. The number of nitrogens with zero attached hydrogens (tertiary/aromatic N) is 1. The van der Waals surface area contributed by atoms with Crippen molar-refractivity contribution in [1.82, 2.24) is 4.90 Å². The standard InChI is InChI=1S/C13H16ClNO/c1-15(13(16)8-14)9-10-2-4-11(5-3-10)12-6-7-12/h2-5,12H,6-9H2,1H3. The van der Waals surface area contributed by atoms with Crippen molar-refractivity contribution in [3.63, 3.8) is 0 Å². The second-order valence-corrected chi connectivity index (χ2v) is 4.67. The van der Waals surface area contributed by atoms with Crippen LogP contribution in [0.15, 0.2) is 24.3 Å². The third-order valence-corrected chi connectivity index (χ3v) is 3.22. The van der Waals surface area contributed by atoms with E-state index in [4.69, 9.17) is 11.6 Å². The highest BCUT2D eigenvalue weighted by Crippen LogP contribution is 2.39. The molecule has 0 radical (unpaired) electrons. The van der Waals surface area contributed by atoms with Gasteiger partial charge in [-0.2, -0.15) is 0 Å². The lowest BCUT2D eigenvalue weighted by Crippen LogP contribution is -2.27. The average molecular weight is 238 g/mol. The van der Waals surface area contributed by atoms with Crippen molar-refractivity contribution in [1.29, 1.82) is 0 Å². The Morgan fingerprint density at radius 1 is 1.38 bits per heavy atom. The Morgan fingerprint density at radius 2 is 2.00 bits per heavy atom. The summed E-state index contributed by atoms with van der Waals surface area (Å²) in [5.74, 6) is 0.806. The topological polar surface area (TPSA) is 20.3 Å². The Balaban J connectivity index is 1.96. The fourth-order valence-electron chi connectivity index (χ4n) is 1.78. The van der Waals surface area contributed by atoms with Gasteiger partial charge in [-0.3, -0.25) is 4.79 Å². The van der Waals surface area contributed by atoms with Crippen molar-refractivity contribution in [3.05, 3.63) is 35.4 Å². The van der Waals surface area contributed by atoms with Gasteiger partial charge in [-0.15, -0.1) is 11.6 Å². The van der Waals surface area contributed by atoms with Gasteiger partial charge >= 0.3 is 0 Å². The third kappa shape index (κ3) is 2.76. The molecule has 0 bridgehead atoms. The van der Waals surface area contributed by atoms with E-state index < -0.39 is 0 Å². The summed E-state index contributed by atoms with van der Waals surface area (Å²) >= 11 is 5.50. The van der Waals surface area contributed by atoms with Gasteiger partial charge < -0.3 is 4.90 Å². The minimum atomic E-state index is -0.0343. The summed E-state index contributed by atoms with van der Waals surface area (Å²) < 4.78 is 0. The second kappa shape index (κ2) is 4.88. The molecule has 1 amide bonds. The Kier molecular flexibility index (Phi) is 3.49. The van der Waals surface area contributed by atoms with E-state index in [9.17, 15) is 4.79 Å². The highest BCUT2D eigenvalue weighted by atomic mass is 35.5. The number of benzene rings is 1. The highest BCUT2D eigenvalue weighted by Gasteiger charge is 2.22. The third-order valence-electron chi connectivity index (χ3n) is 2.99. The molecule has 1 fully saturated rings. The molecule has 0 spiro atoms. The van der Waals surface area contributed by atoms with Crippen molar-refractivity contribution < 1.29 is 4.79 Å². The molecule has 86 valence electrons. The van der Waals surface area contributed by atoms with E-state index in [1.807, 2.05) is 0 Å². The molecule has 2 rings (SSSR count). The normalized spacial score (nSPS) is 14.9. The Bertz CT molecular complexity index is 370. The minimum Gasteiger partial charge on any atom is -0.340 e. The van der Waals surface area contributed by atoms with Crippen LogP contribution in [0.2, 0.25) is 0 Å². The first kappa shape index (κ1) is 11.5. The van der Waals surface area contributed by atoms with Gasteiger partial charge in [0, 0.05) is 13.6 Å². The lowest BCUT2D eigenvalue weighted by molar-refractivity contribution is -0.127. The largest absolute Gasteiger partial charge is 0.340 e. The van der Waals surface area contributed by atoms with E-state index in [-0.39, 0.29) is 11.8 Å². The molecule has 0 atom stereocenters. The molecule has 0 unspecified atom stereocenters. The number of amides is 1. The molecule has 1 aliphatic rings. The zero-order chi connectivity index (χ0) is 11.5. The average Bonchev–Trinajstić information content (AvgIpc) is 3.13. The summed E-state index contributed by atoms with van der Waals surface area (Å²) in [4.78, 5) is 12.9. The number of hydrogen-bond donors (Lipinski definition) is 0. The summed E-state index contributed by atoms with van der Waals surface area (Å²) in [6.45, 7) is 0.635. The predicted octanol–water partition coefficient (Wildman–Crippen LogP) is 2.76. The first-order valence-corrected chi connectivity index (χ1v) is 6.13. The molecule has 0 N–H and O–H groups in total. The van der Waals surface area contributed by atoms with Gasteiger partial charge in [-0.1, -0.05) is 24.3 Å². The SMILES string of the molecule is CN(Cc1ccc(C2CC2)cc1)C(=O)CCl. The summed E-state index contributed by atoms with van der Waals surface area (Å²) in [6, 6.07) is 8.55. The fraction of sp³-hybridized carbons (Fsp3) is 0.462. The van der Waals surface area contributed by atoms with Crippen LogP contribution >= 0.6 is 11.6 Å². The van der Waals surface area contributed by atoms with Crippen LogP contribution in [0.4, 0.5) is 0 Å². The van der Waals surface area contributed by atoms with Crippen LogP contribution in [0.1, 0.15) is 29.9 Å². The van der Waals surface area contributed by atoms with Crippen LogP contribution in [0.25, 0.3) is 0 Å². The van der Waals surface area contributed by atoms with Crippen LogP contribution in [-0.4, -0.2) is 23.7 Å². The molecule has 0 saturated heterocycles. The summed E-state index contributed by atoms with van der Waals surface area (Å²) in [5.41, 5.74) is 2.58. The number of rotatable bonds is 4. The van der Waals surface area contributed by atoms with Crippen LogP contribution in [-0.2, 0) is 11.3 Å². The van der Waals surface area contributed by atoms with Gasteiger partial charge in [0.1, 0.15) is 5.88 Å². The van der Waals surface area contributed by atoms with Crippen LogP contribution in [0.5, 0.6) is 0 Å². The van der Waals surface area contributed by atoms with E-state index in [0.717, 1.165) is 11.5 Å². The molecular formula is C13H16ClNO. The summed E-state index contributed by atoms with van der Waals surface area (Å²) in [5, 5.41) is 0. The molecular weight excluding hydrogens is 222 g/mol. The van der Waals surface area contributed by atoms with Crippen LogP contribution in [0, 0.1) is 0 Å². The molecule has 1 aromatic rings. The molecule has 1 aliphatic carbocycles. The maximum absolute atomic E-state index is 11.3. The van der Waals surface area contributed by atoms with Crippen molar-refractivity contribution in [2.45, 2.75) is 25.3 Å². The van der Waals surface area contributed by atoms with E-state index in [1.165, 1.54) is 18.4 Å². The maximum Gasteiger partial charge on any atom is 0.237 e. The van der Waals surface area contributed by atoms with Gasteiger partial charge in [0.15, 0.2) is 0 Å². The van der Waals surface area contributed by atoms with E-state index in [2.05, 4.69) is 24.3 Å². The Morgan fingerprint density at radius 3 is 2.50 bits per heavy atom. The quantitative estimate of drug-likeness (QED) is 0.738. The molecule has 0 aromatic heterocycles. The number of alkyl halides is 1. The summed E-state index contributed by atoms with van der Waals surface area (Å²) in [6.07, 6.45) is 2.65. The van der Waals surface area contributed by atoms with Crippen molar-refractivity contribution in [3.8, 4) is 0 Å². The van der Waals surface area contributed by atoms with Gasteiger partial charge in [-0.25, -0.2) is 0 Å². The molecule has 16 heavy (non-hydrogen) atoms. The van der Waals surface area contributed by atoms with Crippen LogP contribution in [0.3, 0.4) is 0 Å². The molecule has 1 saturated carbocycles. The van der Waals surface area contributed by atoms with E-state index >= 15 is 0 Å². The first-order chi connectivity index (χ1) is 7.70. The zero-order valence-corrected chi connectivity index (χ0v) is 10.2. The smallest absolute Gasteiger partial charge is 0.237 e. The van der Waals surface area contributed by atoms with E-state index in [0.29, 0.717) is 6.54 Å². The Hall–Kier alpha value is -1.02. The van der Waals surface area contributed by atoms with Gasteiger partial charge in [0.25, 0.3) is 0 Å². The Labute approximate surface area is 101 Å². The zero-order valence-electron chi connectivity index (χ0n) is 9.45. The number of halogens is 1. The highest BCUT2D eigenvalue weighted by molar-refractivity contribution is 6.27. The molecule has 1 aromatic carbocycles. The van der Waals surface area contributed by atoms with Gasteiger partial charge in [-0.05, 0) is 29.9 Å². The lowest BCUT2D eigenvalue weighted by atomic mass is 10.1. The predicted molar refractivity (Wildman–Crippen MR) is 65.6 cm³/mol. The second-order valence-electron chi connectivity index (χ2n) is 4.40. The lowest BCUT2D eigenvalue weighted by Gasteiger charge is -2.15. The summed E-state index contributed by atoms with van der Waals surface area (Å²) in [7, 11) is 1.78.